The molecule has 1 aliphatic heterocycles. The Morgan fingerprint density at radius 1 is 1.62 bits per heavy atom. The molecule has 112 valence electrons. The Morgan fingerprint density at radius 2 is 2.48 bits per heavy atom. The molecule has 0 spiro atoms. The standard InChI is InChI=1S/C15H19N3O3/c1-17-10-11(9-16-17)15(20)18-6-2-4-12(18)8-13(19)14-5-3-7-21-14/h3,5,7,9-10,12-13,19H,2,4,6,8H2,1H3. The average molecular weight is 289 g/mol. The van der Waals surface area contributed by atoms with Gasteiger partial charge in [0.15, 0.2) is 0 Å². The first kappa shape index (κ1) is 13.9. The van der Waals surface area contributed by atoms with Crippen LogP contribution >= 0.6 is 0 Å². The summed E-state index contributed by atoms with van der Waals surface area (Å²) in [4.78, 5) is 14.3. The summed E-state index contributed by atoms with van der Waals surface area (Å²) in [5.74, 6) is 0.535. The molecule has 0 aromatic carbocycles. The lowest BCUT2D eigenvalue weighted by Gasteiger charge is -2.25. The van der Waals surface area contributed by atoms with E-state index in [0.717, 1.165) is 19.4 Å². The lowest BCUT2D eigenvalue weighted by molar-refractivity contribution is 0.0641. The van der Waals surface area contributed by atoms with Crippen LogP contribution in [0.3, 0.4) is 0 Å². The molecule has 3 rings (SSSR count). The minimum atomic E-state index is -0.674. The van der Waals surface area contributed by atoms with E-state index in [9.17, 15) is 9.90 Å². The van der Waals surface area contributed by atoms with Crippen molar-refractivity contribution >= 4 is 5.91 Å². The Hall–Kier alpha value is -2.08. The number of aromatic nitrogens is 2. The molecular formula is C15H19N3O3. The number of carbonyl (C=O) groups is 1. The maximum absolute atomic E-state index is 12.5. The summed E-state index contributed by atoms with van der Waals surface area (Å²) in [6.07, 6.45) is 6.55. The first-order chi connectivity index (χ1) is 10.1. The zero-order chi connectivity index (χ0) is 14.8. The normalized spacial score (nSPS) is 19.9. The van der Waals surface area contributed by atoms with Gasteiger partial charge in [-0.25, -0.2) is 0 Å². The van der Waals surface area contributed by atoms with Crippen molar-refractivity contribution in [2.24, 2.45) is 7.05 Å². The van der Waals surface area contributed by atoms with Crippen LogP contribution < -0.4 is 0 Å². The number of aryl methyl sites for hydroxylation is 1. The second kappa shape index (κ2) is 5.73. The van der Waals surface area contributed by atoms with E-state index in [0.29, 0.717) is 17.7 Å². The second-order valence-corrected chi connectivity index (χ2v) is 5.46. The fraction of sp³-hybridized carbons (Fsp3) is 0.467. The van der Waals surface area contributed by atoms with Crippen molar-refractivity contribution in [2.45, 2.75) is 31.4 Å². The molecule has 2 aromatic rings. The summed E-state index contributed by atoms with van der Waals surface area (Å²) in [6, 6.07) is 3.55. The summed E-state index contributed by atoms with van der Waals surface area (Å²) in [5.41, 5.74) is 0.594. The smallest absolute Gasteiger partial charge is 0.257 e. The molecule has 1 N–H and O–H groups in total. The van der Waals surface area contributed by atoms with Gasteiger partial charge in [-0.3, -0.25) is 9.48 Å². The summed E-state index contributed by atoms with van der Waals surface area (Å²) in [5, 5.41) is 14.2. The highest BCUT2D eigenvalue weighted by Gasteiger charge is 2.32. The van der Waals surface area contributed by atoms with Gasteiger partial charge in [-0.1, -0.05) is 0 Å². The fourth-order valence-electron chi connectivity index (χ4n) is 2.90. The Bertz CT molecular complexity index is 605. The molecule has 2 aromatic heterocycles. The van der Waals surface area contributed by atoms with Gasteiger partial charge >= 0.3 is 0 Å². The van der Waals surface area contributed by atoms with Crippen LogP contribution in [0.4, 0.5) is 0 Å². The van der Waals surface area contributed by atoms with Crippen molar-refractivity contribution in [3.8, 4) is 0 Å². The zero-order valence-electron chi connectivity index (χ0n) is 12.0. The SMILES string of the molecule is Cn1cc(C(=O)N2CCCC2CC(O)c2ccco2)cn1. The van der Waals surface area contributed by atoms with E-state index in [-0.39, 0.29) is 11.9 Å². The van der Waals surface area contributed by atoms with Gasteiger partial charge in [0.05, 0.1) is 18.0 Å². The largest absolute Gasteiger partial charge is 0.467 e. The molecule has 0 bridgehead atoms. The third-order valence-corrected chi connectivity index (χ3v) is 3.96. The van der Waals surface area contributed by atoms with Crippen molar-refractivity contribution < 1.29 is 14.3 Å². The number of rotatable bonds is 4. The van der Waals surface area contributed by atoms with E-state index in [4.69, 9.17) is 4.42 Å². The molecule has 1 aliphatic rings. The number of hydrogen-bond donors (Lipinski definition) is 1. The van der Waals surface area contributed by atoms with Crippen molar-refractivity contribution in [2.75, 3.05) is 6.54 Å². The maximum Gasteiger partial charge on any atom is 0.257 e. The number of aliphatic hydroxyl groups excluding tert-OH is 1. The fourth-order valence-corrected chi connectivity index (χ4v) is 2.90. The number of furan rings is 1. The summed E-state index contributed by atoms with van der Waals surface area (Å²) < 4.78 is 6.84. The van der Waals surface area contributed by atoms with E-state index in [1.165, 1.54) is 0 Å². The molecule has 1 saturated heterocycles. The van der Waals surface area contributed by atoms with Gasteiger partial charge in [0.2, 0.25) is 0 Å². The lowest BCUT2D eigenvalue weighted by Crippen LogP contribution is -2.36. The molecule has 1 amide bonds. The van der Waals surface area contributed by atoms with Crippen LogP contribution in [-0.2, 0) is 7.05 Å². The van der Waals surface area contributed by atoms with Gasteiger partial charge in [-0.2, -0.15) is 5.10 Å². The molecule has 0 aliphatic carbocycles. The quantitative estimate of drug-likeness (QED) is 0.930. The summed E-state index contributed by atoms with van der Waals surface area (Å²) in [6.45, 7) is 0.725. The van der Waals surface area contributed by atoms with Gasteiger partial charge < -0.3 is 14.4 Å². The maximum atomic E-state index is 12.5. The topological polar surface area (TPSA) is 71.5 Å². The lowest BCUT2D eigenvalue weighted by atomic mass is 10.0. The van der Waals surface area contributed by atoms with Crippen LogP contribution in [0, 0.1) is 0 Å². The molecule has 0 saturated carbocycles. The molecule has 0 radical (unpaired) electrons. The van der Waals surface area contributed by atoms with Gasteiger partial charge in [0.25, 0.3) is 5.91 Å². The zero-order valence-corrected chi connectivity index (χ0v) is 12.0. The highest BCUT2D eigenvalue weighted by Crippen LogP contribution is 2.28. The van der Waals surface area contributed by atoms with E-state index < -0.39 is 6.10 Å². The van der Waals surface area contributed by atoms with Crippen LogP contribution in [0.5, 0.6) is 0 Å². The van der Waals surface area contributed by atoms with Crippen LogP contribution in [0.15, 0.2) is 35.2 Å². The molecular weight excluding hydrogens is 270 g/mol. The Balaban J connectivity index is 1.69. The molecule has 2 atom stereocenters. The monoisotopic (exact) mass is 289 g/mol. The van der Waals surface area contributed by atoms with E-state index in [1.54, 1.807) is 42.5 Å². The predicted octanol–water partition coefficient (Wildman–Crippen LogP) is 1.74. The summed E-state index contributed by atoms with van der Waals surface area (Å²) in [7, 11) is 1.79. The number of carbonyl (C=O) groups excluding carboxylic acids is 1. The number of nitrogens with zero attached hydrogens (tertiary/aromatic N) is 3. The average Bonchev–Trinajstić information content (AvgIpc) is 3.18. The van der Waals surface area contributed by atoms with Crippen LogP contribution in [0.1, 0.15) is 41.5 Å². The third kappa shape index (κ3) is 2.85. The van der Waals surface area contributed by atoms with Crippen molar-refractivity contribution in [3.63, 3.8) is 0 Å². The number of amides is 1. The molecule has 6 nitrogen and oxygen atoms in total. The first-order valence-corrected chi connectivity index (χ1v) is 7.16. The van der Waals surface area contributed by atoms with Crippen molar-refractivity contribution in [1.82, 2.24) is 14.7 Å². The Kier molecular flexibility index (Phi) is 3.79. The van der Waals surface area contributed by atoms with Crippen LogP contribution in [-0.4, -0.2) is 38.3 Å². The van der Waals surface area contributed by atoms with Gasteiger partial charge in [0, 0.05) is 32.3 Å². The van der Waals surface area contributed by atoms with Crippen LogP contribution in [0.2, 0.25) is 0 Å². The molecule has 1 fully saturated rings. The molecule has 21 heavy (non-hydrogen) atoms. The Morgan fingerprint density at radius 3 is 3.14 bits per heavy atom. The minimum Gasteiger partial charge on any atom is -0.467 e. The van der Waals surface area contributed by atoms with E-state index in [1.807, 2.05) is 4.90 Å². The predicted molar refractivity (Wildman–Crippen MR) is 75.6 cm³/mol. The van der Waals surface area contributed by atoms with E-state index in [2.05, 4.69) is 5.10 Å². The molecule has 2 unspecified atom stereocenters. The minimum absolute atomic E-state index is 0.0164. The van der Waals surface area contributed by atoms with Crippen LogP contribution in [0.25, 0.3) is 0 Å². The number of hydrogen-bond acceptors (Lipinski definition) is 4. The number of aliphatic hydroxyl groups is 1. The van der Waals surface area contributed by atoms with Gasteiger partial charge in [0.1, 0.15) is 11.9 Å². The van der Waals surface area contributed by atoms with Gasteiger partial charge in [-0.05, 0) is 25.0 Å². The molecule has 6 heteroatoms. The second-order valence-electron chi connectivity index (χ2n) is 5.46. The van der Waals surface area contributed by atoms with Crippen molar-refractivity contribution in [1.29, 1.82) is 0 Å². The molecule has 3 heterocycles. The highest BCUT2D eigenvalue weighted by molar-refractivity contribution is 5.94. The summed E-state index contributed by atoms with van der Waals surface area (Å²) >= 11 is 0. The van der Waals surface area contributed by atoms with Crippen molar-refractivity contribution in [3.05, 3.63) is 42.1 Å². The first-order valence-electron chi connectivity index (χ1n) is 7.16. The highest BCUT2D eigenvalue weighted by atomic mass is 16.4. The number of likely N-dealkylation sites (tertiary alicyclic amines) is 1. The third-order valence-electron chi connectivity index (χ3n) is 3.96. The van der Waals surface area contributed by atoms with Gasteiger partial charge in [-0.15, -0.1) is 0 Å². The van der Waals surface area contributed by atoms with E-state index >= 15 is 0 Å². The Labute approximate surface area is 123 Å².